The van der Waals surface area contributed by atoms with E-state index in [1.165, 1.54) is 0 Å². The third-order valence-corrected chi connectivity index (χ3v) is 4.32. The molecule has 0 saturated carbocycles. The van der Waals surface area contributed by atoms with E-state index in [-0.39, 0.29) is 17.4 Å². The van der Waals surface area contributed by atoms with E-state index in [1.54, 1.807) is 0 Å². The first-order chi connectivity index (χ1) is 10.5. The van der Waals surface area contributed by atoms with Gasteiger partial charge < -0.3 is 25.2 Å². The van der Waals surface area contributed by atoms with Crippen molar-refractivity contribution in [3.8, 4) is 0 Å². The van der Waals surface area contributed by atoms with Crippen LogP contribution in [0.2, 0.25) is 0 Å². The highest BCUT2D eigenvalue weighted by Crippen LogP contribution is 2.31. The molecule has 1 aliphatic rings. The monoisotopic (exact) mass is 375 g/mol. The van der Waals surface area contributed by atoms with Crippen LogP contribution >= 0.6 is 11.8 Å². The van der Waals surface area contributed by atoms with Crippen molar-refractivity contribution in [2.75, 3.05) is 6.61 Å². The smallest absolute Gasteiger partial charge is 0.394 e. The van der Waals surface area contributed by atoms with E-state index in [1.807, 2.05) is 13.8 Å². The Balaban J connectivity index is 2.88. The summed E-state index contributed by atoms with van der Waals surface area (Å²) < 4.78 is 39.0. The molecule has 0 aliphatic carbocycles. The molecule has 23 heavy (non-hydrogen) atoms. The fourth-order valence-electron chi connectivity index (χ4n) is 1.84. The molecule has 1 fully saturated rings. The Hall–Kier alpha value is -0.470. The van der Waals surface area contributed by atoms with Gasteiger partial charge in [-0.15, -0.1) is 0 Å². The molecule has 0 aromatic heterocycles. The third kappa shape index (κ3) is 6.51. The van der Waals surface area contributed by atoms with E-state index >= 15 is 0 Å². The van der Waals surface area contributed by atoms with Crippen molar-refractivity contribution in [1.29, 1.82) is 0 Å². The maximum absolute atomic E-state index is 10.6. The minimum absolute atomic E-state index is 0.0381. The molecule has 5 N–H and O–H groups in total. The Labute approximate surface area is 138 Å². The Morgan fingerprint density at radius 3 is 2.35 bits per heavy atom. The molecule has 136 valence electrons. The van der Waals surface area contributed by atoms with Crippen LogP contribution in [0.25, 0.3) is 0 Å². The number of thioether (sulfide) groups is 1. The van der Waals surface area contributed by atoms with Crippen molar-refractivity contribution in [3.05, 3.63) is 0 Å². The Morgan fingerprint density at radius 1 is 1.26 bits per heavy atom. The van der Waals surface area contributed by atoms with Gasteiger partial charge in [-0.25, -0.2) is 4.28 Å². The van der Waals surface area contributed by atoms with Gasteiger partial charge in [0, 0.05) is 6.42 Å². The average molecular weight is 375 g/mol. The summed E-state index contributed by atoms with van der Waals surface area (Å²) in [7, 11) is -4.78. The van der Waals surface area contributed by atoms with Gasteiger partial charge >= 0.3 is 10.4 Å². The number of aliphatic hydroxyl groups is 4. The summed E-state index contributed by atoms with van der Waals surface area (Å²) in [5.41, 5.74) is -1.12. The van der Waals surface area contributed by atoms with Gasteiger partial charge in [0.1, 0.15) is 34.9 Å². The standard InChI is InChI=1S/C11H21NO9S2/c1-5(2)3-7(12-21-23(17,18)19)22-11-10(16)9(15)8(14)6(4-13)20-11/h5-6,8-11,13-16H,3-4H2,1-2H3,(H,17,18,19)/t6-,8-,9+,10-,11+/m1/s1. The van der Waals surface area contributed by atoms with Gasteiger partial charge in [-0.2, -0.15) is 8.42 Å². The molecule has 12 heteroatoms. The summed E-state index contributed by atoms with van der Waals surface area (Å²) in [5.74, 6) is 0.0381. The van der Waals surface area contributed by atoms with Crippen LogP contribution in [-0.4, -0.2) is 74.9 Å². The van der Waals surface area contributed by atoms with Gasteiger partial charge in [-0.05, 0) is 5.92 Å². The zero-order valence-corrected chi connectivity index (χ0v) is 14.1. The van der Waals surface area contributed by atoms with E-state index < -0.39 is 46.9 Å². The van der Waals surface area contributed by atoms with Gasteiger partial charge in [0.2, 0.25) is 0 Å². The fraction of sp³-hybridized carbons (Fsp3) is 0.909. The fourth-order valence-corrected chi connectivity index (χ4v) is 3.35. The molecule has 10 nitrogen and oxygen atoms in total. The SMILES string of the molecule is CC(C)CC(=NOS(=O)(=O)O)S[C@@H]1O[C@H](CO)[C@@H](O)[C@H](O)[C@H]1O. The van der Waals surface area contributed by atoms with Crippen LogP contribution in [0.5, 0.6) is 0 Å². The van der Waals surface area contributed by atoms with Crippen LogP contribution in [0.15, 0.2) is 5.16 Å². The lowest BCUT2D eigenvalue weighted by molar-refractivity contribution is -0.205. The first-order valence-corrected chi connectivity index (χ1v) is 8.99. The number of hydrogen-bond donors (Lipinski definition) is 5. The summed E-state index contributed by atoms with van der Waals surface area (Å²) in [6.07, 6.45) is -5.39. The van der Waals surface area contributed by atoms with E-state index in [2.05, 4.69) is 9.44 Å². The van der Waals surface area contributed by atoms with Crippen molar-refractivity contribution in [3.63, 3.8) is 0 Å². The maximum atomic E-state index is 10.6. The first-order valence-electron chi connectivity index (χ1n) is 6.75. The third-order valence-electron chi connectivity index (χ3n) is 2.92. The number of aliphatic hydroxyl groups excluding tert-OH is 4. The number of rotatable bonds is 6. The van der Waals surface area contributed by atoms with Crippen LogP contribution < -0.4 is 0 Å². The predicted octanol–water partition coefficient (Wildman–Crippen LogP) is -1.30. The van der Waals surface area contributed by atoms with Gasteiger partial charge in [0.05, 0.1) is 6.61 Å². The highest BCUT2D eigenvalue weighted by atomic mass is 32.3. The molecule has 0 unspecified atom stereocenters. The summed E-state index contributed by atoms with van der Waals surface area (Å²) >= 11 is 0.763. The van der Waals surface area contributed by atoms with Crippen molar-refractivity contribution in [2.45, 2.75) is 50.1 Å². The Morgan fingerprint density at radius 2 is 1.87 bits per heavy atom. The zero-order chi connectivity index (χ0) is 17.8. The molecular formula is C11H21NO9S2. The molecule has 1 saturated heterocycles. The van der Waals surface area contributed by atoms with E-state index in [4.69, 9.17) is 14.4 Å². The number of hydrogen-bond acceptors (Lipinski definition) is 10. The largest absolute Gasteiger partial charge is 0.466 e. The lowest BCUT2D eigenvalue weighted by Crippen LogP contribution is -2.57. The highest BCUT2D eigenvalue weighted by molar-refractivity contribution is 8.14. The summed E-state index contributed by atoms with van der Waals surface area (Å²) in [5, 5.41) is 41.8. The number of ether oxygens (including phenoxy) is 1. The van der Waals surface area contributed by atoms with Crippen LogP contribution in [0.4, 0.5) is 0 Å². The maximum Gasteiger partial charge on any atom is 0.466 e. The van der Waals surface area contributed by atoms with Gasteiger partial charge in [0.15, 0.2) is 0 Å². The molecule has 1 rings (SSSR count). The first kappa shape index (κ1) is 20.6. The van der Waals surface area contributed by atoms with Gasteiger partial charge in [-0.3, -0.25) is 4.55 Å². The van der Waals surface area contributed by atoms with E-state index in [0.717, 1.165) is 11.8 Å². The summed E-state index contributed by atoms with van der Waals surface area (Å²) in [4.78, 5) is 0. The molecule has 0 radical (unpaired) electrons. The van der Waals surface area contributed by atoms with Crippen molar-refractivity contribution >= 4 is 27.2 Å². The molecule has 5 atom stereocenters. The lowest BCUT2D eigenvalue weighted by Gasteiger charge is -2.39. The molecule has 0 aromatic carbocycles. The highest BCUT2D eigenvalue weighted by Gasteiger charge is 2.44. The van der Waals surface area contributed by atoms with E-state index in [9.17, 15) is 23.7 Å². The summed E-state index contributed by atoms with van der Waals surface area (Å²) in [6.45, 7) is 3.05. The molecule has 0 aromatic rings. The summed E-state index contributed by atoms with van der Waals surface area (Å²) in [6, 6.07) is 0. The Kier molecular flexibility index (Phi) is 7.67. The molecular weight excluding hydrogens is 354 g/mol. The molecule has 0 amide bonds. The minimum Gasteiger partial charge on any atom is -0.394 e. The average Bonchev–Trinajstić information content (AvgIpc) is 2.44. The second-order valence-electron chi connectivity index (χ2n) is 5.40. The number of oxime groups is 1. The minimum atomic E-state index is -4.78. The molecule has 0 bridgehead atoms. The number of nitrogens with zero attached hydrogens (tertiary/aromatic N) is 1. The Bertz CT molecular complexity index is 508. The normalized spacial score (nSPS) is 33.0. The molecule has 1 heterocycles. The second-order valence-corrected chi connectivity index (χ2v) is 7.58. The molecule has 0 spiro atoms. The second kappa shape index (κ2) is 8.58. The lowest BCUT2D eigenvalue weighted by atomic mass is 10.0. The van der Waals surface area contributed by atoms with Crippen LogP contribution in [0.3, 0.4) is 0 Å². The van der Waals surface area contributed by atoms with Crippen LogP contribution in [0.1, 0.15) is 20.3 Å². The van der Waals surface area contributed by atoms with Crippen LogP contribution in [-0.2, 0) is 19.4 Å². The van der Waals surface area contributed by atoms with Crippen molar-refractivity contribution in [1.82, 2.24) is 0 Å². The quantitative estimate of drug-likeness (QED) is 0.163. The van der Waals surface area contributed by atoms with Gasteiger partial charge in [0.25, 0.3) is 0 Å². The van der Waals surface area contributed by atoms with Gasteiger partial charge in [-0.1, -0.05) is 30.8 Å². The zero-order valence-electron chi connectivity index (χ0n) is 12.5. The van der Waals surface area contributed by atoms with Crippen molar-refractivity contribution < 1.29 is 42.4 Å². The van der Waals surface area contributed by atoms with E-state index in [0.29, 0.717) is 0 Å². The molecule has 1 aliphatic heterocycles. The predicted molar refractivity (Wildman–Crippen MR) is 80.9 cm³/mol. The van der Waals surface area contributed by atoms with Crippen LogP contribution in [0, 0.1) is 5.92 Å². The van der Waals surface area contributed by atoms with Crippen molar-refractivity contribution in [2.24, 2.45) is 11.1 Å². The topological polar surface area (TPSA) is 166 Å².